The minimum Gasteiger partial charge on any atom is -0.444 e. The van der Waals surface area contributed by atoms with Crippen molar-refractivity contribution >= 4 is 6.09 Å². The summed E-state index contributed by atoms with van der Waals surface area (Å²) in [7, 11) is 0. The molecule has 0 aromatic carbocycles. The normalized spacial score (nSPS) is 20.2. The summed E-state index contributed by atoms with van der Waals surface area (Å²) in [6.45, 7) is 6.69. The van der Waals surface area contributed by atoms with Crippen molar-refractivity contribution in [3.63, 3.8) is 0 Å². The summed E-state index contributed by atoms with van der Waals surface area (Å²) in [5, 5.41) is 0. The number of rotatable bonds is 2. The highest BCUT2D eigenvalue weighted by Gasteiger charge is 2.29. The maximum Gasteiger partial charge on any atom is 0.410 e. The molecular weight excluding hydrogens is 223 g/mol. The van der Waals surface area contributed by atoms with E-state index in [2.05, 4.69) is 0 Å². The quantitative estimate of drug-likeness (QED) is 0.810. The summed E-state index contributed by atoms with van der Waals surface area (Å²) < 4.78 is 18.6. The summed E-state index contributed by atoms with van der Waals surface area (Å²) in [6.07, 6.45) is 0.0739. The highest BCUT2D eigenvalue weighted by atomic mass is 19.1. The van der Waals surface area contributed by atoms with Gasteiger partial charge in [0, 0.05) is 19.6 Å². The predicted molar refractivity (Wildman–Crippen MR) is 64.5 cm³/mol. The standard InChI is InChI=1S/C12H23FN2O2/c1-12(2,3)17-11(16)15-6-4-9(5-7-15)10(13)8-14/h9-10H,4-8,14H2,1-3H3. The van der Waals surface area contributed by atoms with Crippen molar-refractivity contribution in [1.82, 2.24) is 4.90 Å². The van der Waals surface area contributed by atoms with Gasteiger partial charge in [-0.05, 0) is 39.5 Å². The van der Waals surface area contributed by atoms with E-state index in [9.17, 15) is 9.18 Å². The zero-order chi connectivity index (χ0) is 13.1. The van der Waals surface area contributed by atoms with Gasteiger partial charge in [-0.15, -0.1) is 0 Å². The van der Waals surface area contributed by atoms with Crippen LogP contribution in [0.25, 0.3) is 0 Å². The van der Waals surface area contributed by atoms with Crippen molar-refractivity contribution in [2.45, 2.75) is 45.4 Å². The summed E-state index contributed by atoms with van der Waals surface area (Å²) in [5.41, 5.74) is 4.82. The minimum atomic E-state index is -0.948. The van der Waals surface area contributed by atoms with Gasteiger partial charge in [0.2, 0.25) is 0 Å². The Morgan fingerprint density at radius 2 is 2.00 bits per heavy atom. The van der Waals surface area contributed by atoms with E-state index in [4.69, 9.17) is 10.5 Å². The molecule has 0 aromatic rings. The van der Waals surface area contributed by atoms with E-state index < -0.39 is 11.8 Å². The van der Waals surface area contributed by atoms with Gasteiger partial charge in [0.15, 0.2) is 0 Å². The first-order valence-corrected chi connectivity index (χ1v) is 6.15. The first-order valence-electron chi connectivity index (χ1n) is 6.15. The fourth-order valence-electron chi connectivity index (χ4n) is 1.96. The molecule has 0 aliphatic carbocycles. The number of ether oxygens (including phenoxy) is 1. The second kappa shape index (κ2) is 5.67. The van der Waals surface area contributed by atoms with Gasteiger partial charge >= 0.3 is 6.09 Å². The molecule has 1 amide bonds. The van der Waals surface area contributed by atoms with Gasteiger partial charge in [-0.3, -0.25) is 0 Å². The van der Waals surface area contributed by atoms with Crippen LogP contribution in [0, 0.1) is 5.92 Å². The number of amides is 1. The molecule has 2 N–H and O–H groups in total. The molecule has 1 unspecified atom stereocenters. The molecule has 5 heteroatoms. The molecule has 1 saturated heterocycles. The van der Waals surface area contributed by atoms with Gasteiger partial charge in [-0.2, -0.15) is 0 Å². The van der Waals surface area contributed by atoms with Crippen LogP contribution in [0.15, 0.2) is 0 Å². The number of nitrogens with zero attached hydrogens (tertiary/aromatic N) is 1. The van der Waals surface area contributed by atoms with E-state index in [0.29, 0.717) is 25.9 Å². The van der Waals surface area contributed by atoms with Crippen LogP contribution in [0.1, 0.15) is 33.6 Å². The maximum absolute atomic E-state index is 13.4. The van der Waals surface area contributed by atoms with Crippen molar-refractivity contribution in [1.29, 1.82) is 0 Å². The lowest BCUT2D eigenvalue weighted by Crippen LogP contribution is -2.44. The first kappa shape index (κ1) is 14.2. The van der Waals surface area contributed by atoms with E-state index >= 15 is 0 Å². The number of carbonyl (C=O) groups is 1. The zero-order valence-electron chi connectivity index (χ0n) is 10.9. The molecule has 0 aromatic heterocycles. The third kappa shape index (κ3) is 4.50. The van der Waals surface area contributed by atoms with Gasteiger partial charge < -0.3 is 15.4 Å². The van der Waals surface area contributed by atoms with Gasteiger partial charge in [0.05, 0.1) is 0 Å². The third-order valence-corrected chi connectivity index (χ3v) is 2.93. The van der Waals surface area contributed by atoms with E-state index in [-0.39, 0.29) is 18.6 Å². The molecular formula is C12H23FN2O2. The van der Waals surface area contributed by atoms with Crippen LogP contribution in [0.2, 0.25) is 0 Å². The molecule has 1 atom stereocenters. The highest BCUT2D eigenvalue weighted by molar-refractivity contribution is 5.68. The Labute approximate surface area is 102 Å². The number of carbonyl (C=O) groups excluding carboxylic acids is 1. The lowest BCUT2D eigenvalue weighted by atomic mass is 9.92. The number of alkyl halides is 1. The van der Waals surface area contributed by atoms with Crippen LogP contribution < -0.4 is 5.73 Å². The number of piperidine rings is 1. The minimum absolute atomic E-state index is 0.0151. The van der Waals surface area contributed by atoms with Gasteiger partial charge in [0.25, 0.3) is 0 Å². The monoisotopic (exact) mass is 246 g/mol. The SMILES string of the molecule is CC(C)(C)OC(=O)N1CCC(C(F)CN)CC1. The highest BCUT2D eigenvalue weighted by Crippen LogP contribution is 2.23. The summed E-state index contributed by atoms with van der Waals surface area (Å²) in [4.78, 5) is 13.4. The topological polar surface area (TPSA) is 55.6 Å². The Morgan fingerprint density at radius 1 is 1.47 bits per heavy atom. The molecule has 17 heavy (non-hydrogen) atoms. The van der Waals surface area contributed by atoms with Crippen molar-refractivity contribution < 1.29 is 13.9 Å². The van der Waals surface area contributed by atoms with Gasteiger partial charge in [0.1, 0.15) is 11.8 Å². The van der Waals surface area contributed by atoms with Gasteiger partial charge in [-0.25, -0.2) is 9.18 Å². The fourth-order valence-corrected chi connectivity index (χ4v) is 1.96. The van der Waals surface area contributed by atoms with Crippen molar-refractivity contribution in [2.75, 3.05) is 19.6 Å². The Hall–Kier alpha value is -0.840. The number of hydrogen-bond acceptors (Lipinski definition) is 3. The molecule has 0 spiro atoms. The predicted octanol–water partition coefficient (Wildman–Crippen LogP) is 1.93. The molecule has 0 radical (unpaired) electrons. The van der Waals surface area contributed by atoms with E-state index in [1.54, 1.807) is 4.90 Å². The molecule has 1 heterocycles. The Morgan fingerprint density at radius 3 is 2.41 bits per heavy atom. The van der Waals surface area contributed by atoms with Gasteiger partial charge in [-0.1, -0.05) is 0 Å². The summed E-state index contributed by atoms with van der Waals surface area (Å²) in [6, 6.07) is 0. The fraction of sp³-hybridized carbons (Fsp3) is 0.917. The molecule has 1 aliphatic rings. The lowest BCUT2D eigenvalue weighted by Gasteiger charge is -2.34. The van der Waals surface area contributed by atoms with Crippen LogP contribution in [-0.4, -0.2) is 42.4 Å². The molecule has 100 valence electrons. The van der Waals surface area contributed by atoms with Crippen LogP contribution >= 0.6 is 0 Å². The van der Waals surface area contributed by atoms with Crippen molar-refractivity contribution in [2.24, 2.45) is 11.7 Å². The average molecular weight is 246 g/mol. The van der Waals surface area contributed by atoms with E-state index in [1.807, 2.05) is 20.8 Å². The van der Waals surface area contributed by atoms with Crippen LogP contribution in [0.3, 0.4) is 0 Å². The second-order valence-corrected chi connectivity index (χ2v) is 5.56. The van der Waals surface area contributed by atoms with Crippen LogP contribution in [-0.2, 0) is 4.74 Å². The Kier molecular flexibility index (Phi) is 4.74. The Balaban J connectivity index is 2.39. The van der Waals surface area contributed by atoms with E-state index in [0.717, 1.165) is 0 Å². The van der Waals surface area contributed by atoms with Crippen molar-refractivity contribution in [3.8, 4) is 0 Å². The molecule has 1 rings (SSSR count). The second-order valence-electron chi connectivity index (χ2n) is 5.56. The number of nitrogens with two attached hydrogens (primary N) is 1. The van der Waals surface area contributed by atoms with Crippen LogP contribution in [0.5, 0.6) is 0 Å². The molecule has 1 aliphatic heterocycles. The average Bonchev–Trinajstić information content (AvgIpc) is 2.26. The van der Waals surface area contributed by atoms with E-state index in [1.165, 1.54) is 0 Å². The lowest BCUT2D eigenvalue weighted by molar-refractivity contribution is 0.0148. The smallest absolute Gasteiger partial charge is 0.410 e. The summed E-state index contributed by atoms with van der Waals surface area (Å²) in [5.74, 6) is -0.0151. The molecule has 0 saturated carbocycles. The Bertz CT molecular complexity index is 258. The largest absolute Gasteiger partial charge is 0.444 e. The maximum atomic E-state index is 13.4. The number of hydrogen-bond donors (Lipinski definition) is 1. The first-order chi connectivity index (χ1) is 7.83. The molecule has 4 nitrogen and oxygen atoms in total. The molecule has 1 fully saturated rings. The third-order valence-electron chi connectivity index (χ3n) is 2.93. The molecule has 0 bridgehead atoms. The number of halogens is 1. The summed E-state index contributed by atoms with van der Waals surface area (Å²) >= 11 is 0. The van der Waals surface area contributed by atoms with Crippen LogP contribution in [0.4, 0.5) is 9.18 Å². The number of likely N-dealkylation sites (tertiary alicyclic amines) is 1. The van der Waals surface area contributed by atoms with Crippen molar-refractivity contribution in [3.05, 3.63) is 0 Å². The zero-order valence-corrected chi connectivity index (χ0v) is 10.9.